The molecule has 0 aromatic heterocycles. The second-order valence-corrected chi connectivity index (χ2v) is 5.36. The molecule has 0 atom stereocenters. The Labute approximate surface area is 132 Å². The molecule has 5 heteroatoms. The normalized spacial score (nSPS) is 10.0. The molecule has 2 N–H and O–H groups in total. The van der Waals surface area contributed by atoms with Gasteiger partial charge < -0.3 is 15.4 Å². The zero-order valence-corrected chi connectivity index (χ0v) is 13.5. The van der Waals surface area contributed by atoms with E-state index in [1.807, 2.05) is 25.1 Å². The highest BCUT2D eigenvalue weighted by Crippen LogP contribution is 2.25. The largest absolute Gasteiger partial charge is 0.497 e. The number of halogens is 1. The average Bonchev–Trinajstić information content (AvgIpc) is 2.49. The van der Waals surface area contributed by atoms with Crippen molar-refractivity contribution >= 4 is 33.2 Å². The fourth-order valence-electron chi connectivity index (χ4n) is 1.84. The van der Waals surface area contributed by atoms with Gasteiger partial charge in [-0.05, 0) is 58.7 Å². The number of methoxy groups -OCH3 is 1. The summed E-state index contributed by atoms with van der Waals surface area (Å²) in [5.74, 6) is 0.656. The number of aryl methyl sites for hydroxylation is 1. The van der Waals surface area contributed by atoms with Crippen molar-refractivity contribution in [2.24, 2.45) is 0 Å². The average molecular weight is 349 g/mol. The summed E-state index contributed by atoms with van der Waals surface area (Å²) in [5.41, 5.74) is 2.77. The Morgan fingerprint density at radius 1 is 1.19 bits per heavy atom. The van der Waals surface area contributed by atoms with Crippen LogP contribution in [0.4, 0.5) is 11.4 Å². The maximum Gasteiger partial charge on any atom is 0.243 e. The number of nitrogens with one attached hydrogen (secondary N) is 2. The van der Waals surface area contributed by atoms with Crippen LogP contribution in [0.2, 0.25) is 0 Å². The number of amides is 1. The minimum Gasteiger partial charge on any atom is -0.497 e. The molecule has 0 saturated heterocycles. The summed E-state index contributed by atoms with van der Waals surface area (Å²) in [7, 11) is 1.61. The van der Waals surface area contributed by atoms with Gasteiger partial charge >= 0.3 is 0 Å². The summed E-state index contributed by atoms with van der Waals surface area (Å²) in [4.78, 5) is 11.9. The van der Waals surface area contributed by atoms with E-state index in [0.717, 1.165) is 27.2 Å². The summed E-state index contributed by atoms with van der Waals surface area (Å²) in [6.07, 6.45) is 0. The molecule has 110 valence electrons. The number of benzene rings is 2. The van der Waals surface area contributed by atoms with E-state index in [1.54, 1.807) is 31.4 Å². The molecule has 2 rings (SSSR count). The number of hydrogen-bond acceptors (Lipinski definition) is 3. The third kappa shape index (κ3) is 4.23. The molecule has 0 saturated carbocycles. The van der Waals surface area contributed by atoms with E-state index < -0.39 is 0 Å². The van der Waals surface area contributed by atoms with Crippen molar-refractivity contribution in [3.8, 4) is 5.75 Å². The number of carbonyl (C=O) groups is 1. The van der Waals surface area contributed by atoms with E-state index >= 15 is 0 Å². The van der Waals surface area contributed by atoms with Crippen LogP contribution in [0.1, 0.15) is 5.56 Å². The van der Waals surface area contributed by atoms with Crippen molar-refractivity contribution in [2.75, 3.05) is 24.3 Å². The number of hydrogen-bond donors (Lipinski definition) is 2. The highest BCUT2D eigenvalue weighted by Gasteiger charge is 2.05. The highest BCUT2D eigenvalue weighted by molar-refractivity contribution is 9.10. The lowest BCUT2D eigenvalue weighted by Crippen LogP contribution is -2.21. The third-order valence-electron chi connectivity index (χ3n) is 3.00. The van der Waals surface area contributed by atoms with E-state index in [4.69, 9.17) is 4.74 Å². The van der Waals surface area contributed by atoms with Gasteiger partial charge in [0.2, 0.25) is 5.91 Å². The standard InChI is InChI=1S/C16H17BrN2O2/c1-11-4-3-5-14(16(11)17)18-10-15(20)19-12-6-8-13(21-2)9-7-12/h3-9,18H,10H2,1-2H3,(H,19,20). The van der Waals surface area contributed by atoms with Crippen LogP contribution in [0, 0.1) is 6.92 Å². The maximum atomic E-state index is 11.9. The first kappa shape index (κ1) is 15.4. The zero-order valence-electron chi connectivity index (χ0n) is 11.9. The van der Waals surface area contributed by atoms with Gasteiger partial charge in [-0.3, -0.25) is 4.79 Å². The van der Waals surface area contributed by atoms with Gasteiger partial charge in [-0.25, -0.2) is 0 Å². The van der Waals surface area contributed by atoms with E-state index in [2.05, 4.69) is 26.6 Å². The minimum absolute atomic E-state index is 0.103. The first-order valence-corrected chi connectivity index (χ1v) is 7.32. The Hall–Kier alpha value is -2.01. The fraction of sp³-hybridized carbons (Fsp3) is 0.188. The number of rotatable bonds is 5. The summed E-state index contributed by atoms with van der Waals surface area (Å²) >= 11 is 3.50. The van der Waals surface area contributed by atoms with E-state index in [-0.39, 0.29) is 12.5 Å². The summed E-state index contributed by atoms with van der Waals surface area (Å²) < 4.78 is 6.05. The van der Waals surface area contributed by atoms with Gasteiger partial charge in [-0.15, -0.1) is 0 Å². The van der Waals surface area contributed by atoms with Crippen molar-refractivity contribution in [1.82, 2.24) is 0 Å². The molecule has 2 aromatic rings. The predicted molar refractivity (Wildman–Crippen MR) is 89.0 cm³/mol. The van der Waals surface area contributed by atoms with Crippen LogP contribution in [-0.4, -0.2) is 19.6 Å². The quantitative estimate of drug-likeness (QED) is 0.863. The fourth-order valence-corrected chi connectivity index (χ4v) is 2.24. The van der Waals surface area contributed by atoms with Crippen LogP contribution in [0.15, 0.2) is 46.9 Å². The molecule has 21 heavy (non-hydrogen) atoms. The lowest BCUT2D eigenvalue weighted by atomic mass is 10.2. The lowest BCUT2D eigenvalue weighted by molar-refractivity contribution is -0.114. The molecule has 4 nitrogen and oxygen atoms in total. The highest BCUT2D eigenvalue weighted by atomic mass is 79.9. The van der Waals surface area contributed by atoms with Crippen LogP contribution < -0.4 is 15.4 Å². The molecule has 2 aromatic carbocycles. The molecule has 0 aliphatic heterocycles. The van der Waals surface area contributed by atoms with Crippen molar-refractivity contribution in [1.29, 1.82) is 0 Å². The Morgan fingerprint density at radius 3 is 2.57 bits per heavy atom. The van der Waals surface area contributed by atoms with Crippen LogP contribution in [-0.2, 0) is 4.79 Å². The second-order valence-electron chi connectivity index (χ2n) is 4.57. The molecule has 0 aliphatic carbocycles. The Morgan fingerprint density at radius 2 is 1.90 bits per heavy atom. The lowest BCUT2D eigenvalue weighted by Gasteiger charge is -2.11. The second kappa shape index (κ2) is 7.13. The number of anilines is 2. The van der Waals surface area contributed by atoms with E-state index in [1.165, 1.54) is 0 Å². The third-order valence-corrected chi connectivity index (χ3v) is 4.06. The molecule has 0 aliphatic rings. The summed E-state index contributed by atoms with van der Waals surface area (Å²) in [6.45, 7) is 2.21. The van der Waals surface area contributed by atoms with Gasteiger partial charge in [0.15, 0.2) is 0 Å². The zero-order chi connectivity index (χ0) is 15.2. The van der Waals surface area contributed by atoms with Crippen LogP contribution >= 0.6 is 15.9 Å². The minimum atomic E-state index is -0.103. The Bertz CT molecular complexity index is 627. The van der Waals surface area contributed by atoms with Gasteiger partial charge in [0.25, 0.3) is 0 Å². The molecule has 1 amide bonds. The number of ether oxygens (including phenoxy) is 1. The molecule has 0 unspecified atom stereocenters. The van der Waals surface area contributed by atoms with E-state index in [9.17, 15) is 4.79 Å². The first-order chi connectivity index (χ1) is 10.1. The van der Waals surface area contributed by atoms with Crippen molar-refractivity contribution in [2.45, 2.75) is 6.92 Å². The monoisotopic (exact) mass is 348 g/mol. The molecule has 0 fully saturated rings. The predicted octanol–water partition coefficient (Wildman–Crippen LogP) is 3.82. The van der Waals surface area contributed by atoms with Crippen LogP contribution in [0.3, 0.4) is 0 Å². The molecule has 0 bridgehead atoms. The SMILES string of the molecule is COc1ccc(NC(=O)CNc2cccc(C)c2Br)cc1. The van der Waals surface area contributed by atoms with Gasteiger partial charge in [-0.1, -0.05) is 12.1 Å². The van der Waals surface area contributed by atoms with Crippen molar-refractivity contribution < 1.29 is 9.53 Å². The molecule has 0 radical (unpaired) electrons. The first-order valence-electron chi connectivity index (χ1n) is 6.53. The summed E-state index contributed by atoms with van der Waals surface area (Å²) in [6, 6.07) is 13.1. The number of carbonyl (C=O) groups excluding carboxylic acids is 1. The molecular formula is C16H17BrN2O2. The Kier molecular flexibility index (Phi) is 5.22. The van der Waals surface area contributed by atoms with Gasteiger partial charge in [0, 0.05) is 15.8 Å². The van der Waals surface area contributed by atoms with E-state index in [0.29, 0.717) is 0 Å². The maximum absolute atomic E-state index is 11.9. The molecule has 0 heterocycles. The van der Waals surface area contributed by atoms with Crippen molar-refractivity contribution in [3.05, 3.63) is 52.5 Å². The van der Waals surface area contributed by atoms with Gasteiger partial charge in [0.1, 0.15) is 5.75 Å². The topological polar surface area (TPSA) is 50.4 Å². The van der Waals surface area contributed by atoms with Crippen molar-refractivity contribution in [3.63, 3.8) is 0 Å². The molecule has 0 spiro atoms. The van der Waals surface area contributed by atoms with Crippen LogP contribution in [0.5, 0.6) is 5.75 Å². The smallest absolute Gasteiger partial charge is 0.243 e. The van der Waals surface area contributed by atoms with Gasteiger partial charge in [-0.2, -0.15) is 0 Å². The summed E-state index contributed by atoms with van der Waals surface area (Å²) in [5, 5.41) is 5.94. The Balaban J connectivity index is 1.91. The van der Waals surface area contributed by atoms with Crippen LogP contribution in [0.25, 0.3) is 0 Å². The van der Waals surface area contributed by atoms with Gasteiger partial charge in [0.05, 0.1) is 13.7 Å². The molecular weight excluding hydrogens is 332 g/mol.